The number of methoxy groups -OCH3 is 1. The predicted molar refractivity (Wildman–Crippen MR) is 71.5 cm³/mol. The largest absolute Gasteiger partial charge is 0.411 e. The Hall–Kier alpha value is -1.51. The molecular formula is C11H17N5O2S. The van der Waals surface area contributed by atoms with Crippen molar-refractivity contribution in [2.24, 2.45) is 7.05 Å². The highest BCUT2D eigenvalue weighted by Crippen LogP contribution is 2.24. The fourth-order valence-corrected chi connectivity index (χ4v) is 2.16. The van der Waals surface area contributed by atoms with Crippen molar-refractivity contribution in [3.05, 3.63) is 16.8 Å². The van der Waals surface area contributed by atoms with Gasteiger partial charge in [-0.2, -0.15) is 5.10 Å². The van der Waals surface area contributed by atoms with Gasteiger partial charge in [0.25, 0.3) is 0 Å². The lowest BCUT2D eigenvalue weighted by molar-refractivity contribution is 0.199. The molecule has 104 valence electrons. The van der Waals surface area contributed by atoms with Crippen LogP contribution in [-0.2, 0) is 18.3 Å². The van der Waals surface area contributed by atoms with Gasteiger partial charge < -0.3 is 14.8 Å². The highest BCUT2D eigenvalue weighted by atomic mass is 32.1. The monoisotopic (exact) mass is 283 g/mol. The van der Waals surface area contributed by atoms with Gasteiger partial charge in [-0.25, -0.2) is 4.68 Å². The van der Waals surface area contributed by atoms with Crippen molar-refractivity contribution < 1.29 is 9.47 Å². The number of aryl methyl sites for hydroxylation is 2. The maximum absolute atomic E-state index is 5.63. The first-order valence-corrected chi connectivity index (χ1v) is 6.71. The van der Waals surface area contributed by atoms with Crippen molar-refractivity contribution >= 4 is 11.3 Å². The first-order valence-electron chi connectivity index (χ1n) is 5.89. The summed E-state index contributed by atoms with van der Waals surface area (Å²) in [5, 5.41) is 16.9. The lowest BCUT2D eigenvalue weighted by Crippen LogP contribution is -2.18. The summed E-state index contributed by atoms with van der Waals surface area (Å²) < 4.78 is 12.3. The fourth-order valence-electron chi connectivity index (χ4n) is 1.49. The Morgan fingerprint density at radius 1 is 1.42 bits per heavy atom. The second-order valence-corrected chi connectivity index (χ2v) is 5.01. The maximum atomic E-state index is 5.63. The zero-order valence-electron chi connectivity index (χ0n) is 11.2. The summed E-state index contributed by atoms with van der Waals surface area (Å²) in [6.45, 7) is 4.04. The van der Waals surface area contributed by atoms with Gasteiger partial charge in [-0.1, -0.05) is 16.4 Å². The molecule has 0 amide bonds. The van der Waals surface area contributed by atoms with Crippen LogP contribution in [0.4, 0.5) is 0 Å². The molecule has 0 unspecified atom stereocenters. The molecule has 0 aromatic carbocycles. The van der Waals surface area contributed by atoms with Crippen LogP contribution < -0.4 is 10.1 Å². The fraction of sp³-hybridized carbons (Fsp3) is 0.545. The van der Waals surface area contributed by atoms with E-state index >= 15 is 0 Å². The molecule has 0 aliphatic carbocycles. The molecule has 2 aromatic heterocycles. The molecule has 0 atom stereocenters. The van der Waals surface area contributed by atoms with E-state index in [0.717, 1.165) is 17.2 Å². The number of ether oxygens (including phenoxy) is 2. The van der Waals surface area contributed by atoms with E-state index in [2.05, 4.69) is 20.6 Å². The van der Waals surface area contributed by atoms with E-state index < -0.39 is 0 Å². The number of rotatable bonds is 7. The first kappa shape index (κ1) is 13.9. The van der Waals surface area contributed by atoms with Crippen LogP contribution in [0.1, 0.15) is 10.7 Å². The quantitative estimate of drug-likeness (QED) is 0.767. The SMILES string of the molecule is COCCNCc1nnc(Oc2cc(C)nn2C)s1. The number of hydrogen-bond acceptors (Lipinski definition) is 7. The summed E-state index contributed by atoms with van der Waals surface area (Å²) in [6, 6.07) is 1.86. The molecule has 7 nitrogen and oxygen atoms in total. The number of nitrogens with one attached hydrogen (secondary N) is 1. The minimum Gasteiger partial charge on any atom is -0.411 e. The van der Waals surface area contributed by atoms with Crippen LogP contribution in [-0.4, -0.2) is 40.2 Å². The Kier molecular flexibility index (Phi) is 4.83. The number of hydrogen-bond donors (Lipinski definition) is 1. The summed E-state index contributed by atoms with van der Waals surface area (Å²) >= 11 is 1.41. The molecule has 1 N–H and O–H groups in total. The van der Waals surface area contributed by atoms with Gasteiger partial charge in [0.2, 0.25) is 5.88 Å². The Morgan fingerprint density at radius 2 is 2.26 bits per heavy atom. The van der Waals surface area contributed by atoms with Crippen LogP contribution in [0.15, 0.2) is 6.07 Å². The van der Waals surface area contributed by atoms with Crippen molar-refractivity contribution in [2.75, 3.05) is 20.3 Å². The molecule has 19 heavy (non-hydrogen) atoms. The molecule has 8 heteroatoms. The van der Waals surface area contributed by atoms with E-state index in [1.54, 1.807) is 11.8 Å². The van der Waals surface area contributed by atoms with Gasteiger partial charge in [0.05, 0.1) is 12.3 Å². The molecule has 0 aliphatic rings. The Balaban J connectivity index is 1.88. The molecule has 0 bridgehead atoms. The first-order chi connectivity index (χ1) is 9.19. The molecule has 0 radical (unpaired) electrons. The van der Waals surface area contributed by atoms with Crippen LogP contribution in [0.5, 0.6) is 11.1 Å². The molecule has 0 saturated heterocycles. The van der Waals surface area contributed by atoms with Crippen LogP contribution >= 0.6 is 11.3 Å². The van der Waals surface area contributed by atoms with E-state index in [1.165, 1.54) is 11.3 Å². The highest BCUT2D eigenvalue weighted by molar-refractivity contribution is 7.13. The summed E-state index contributed by atoms with van der Waals surface area (Å²) in [5.74, 6) is 0.660. The third kappa shape index (κ3) is 3.98. The maximum Gasteiger partial charge on any atom is 0.300 e. The number of aromatic nitrogens is 4. The number of nitrogens with zero attached hydrogens (tertiary/aromatic N) is 4. The molecule has 2 rings (SSSR count). The Bertz CT molecular complexity index is 525. The molecule has 2 aromatic rings. The van der Waals surface area contributed by atoms with Gasteiger partial charge >= 0.3 is 5.19 Å². The summed E-state index contributed by atoms with van der Waals surface area (Å²) in [7, 11) is 3.51. The lowest BCUT2D eigenvalue weighted by Gasteiger charge is -2.00. The van der Waals surface area contributed by atoms with Crippen LogP contribution in [0, 0.1) is 6.92 Å². The van der Waals surface area contributed by atoms with Crippen molar-refractivity contribution in [1.82, 2.24) is 25.3 Å². The normalized spacial score (nSPS) is 10.9. The third-order valence-corrected chi connectivity index (χ3v) is 3.16. The molecule has 2 heterocycles. The van der Waals surface area contributed by atoms with Gasteiger partial charge in [0, 0.05) is 33.3 Å². The minimum atomic E-state index is 0.520. The highest BCUT2D eigenvalue weighted by Gasteiger charge is 2.09. The van der Waals surface area contributed by atoms with E-state index in [0.29, 0.717) is 24.2 Å². The molecule has 0 aliphatic heterocycles. The topological polar surface area (TPSA) is 74.1 Å². The van der Waals surface area contributed by atoms with Gasteiger partial charge in [-0.15, -0.1) is 5.10 Å². The smallest absolute Gasteiger partial charge is 0.300 e. The Labute approximate surface area is 115 Å². The van der Waals surface area contributed by atoms with Gasteiger partial charge in [-0.3, -0.25) is 0 Å². The van der Waals surface area contributed by atoms with Crippen molar-refractivity contribution in [3.8, 4) is 11.1 Å². The average Bonchev–Trinajstić information content (AvgIpc) is 2.93. The third-order valence-electron chi connectivity index (χ3n) is 2.36. The predicted octanol–water partition coefficient (Wildman–Crippen LogP) is 1.11. The summed E-state index contributed by atoms with van der Waals surface area (Å²) in [4.78, 5) is 0. The molecule has 0 fully saturated rings. The lowest BCUT2D eigenvalue weighted by atomic mass is 10.5. The second-order valence-electron chi connectivity index (χ2n) is 3.98. The van der Waals surface area contributed by atoms with Crippen LogP contribution in [0.2, 0.25) is 0 Å². The summed E-state index contributed by atoms with van der Waals surface area (Å²) in [5.41, 5.74) is 0.906. The van der Waals surface area contributed by atoms with Gasteiger partial charge in [-0.05, 0) is 6.92 Å². The van der Waals surface area contributed by atoms with E-state index in [1.807, 2.05) is 20.0 Å². The van der Waals surface area contributed by atoms with E-state index in [-0.39, 0.29) is 0 Å². The van der Waals surface area contributed by atoms with Crippen molar-refractivity contribution in [1.29, 1.82) is 0 Å². The van der Waals surface area contributed by atoms with E-state index in [4.69, 9.17) is 9.47 Å². The van der Waals surface area contributed by atoms with Crippen LogP contribution in [0.3, 0.4) is 0 Å². The van der Waals surface area contributed by atoms with Crippen molar-refractivity contribution in [3.63, 3.8) is 0 Å². The van der Waals surface area contributed by atoms with E-state index in [9.17, 15) is 0 Å². The average molecular weight is 283 g/mol. The minimum absolute atomic E-state index is 0.520. The molecular weight excluding hydrogens is 266 g/mol. The van der Waals surface area contributed by atoms with Crippen molar-refractivity contribution in [2.45, 2.75) is 13.5 Å². The van der Waals surface area contributed by atoms with Crippen LogP contribution in [0.25, 0.3) is 0 Å². The molecule has 0 spiro atoms. The molecule has 0 saturated carbocycles. The zero-order chi connectivity index (χ0) is 13.7. The zero-order valence-corrected chi connectivity index (χ0v) is 12.0. The van der Waals surface area contributed by atoms with Gasteiger partial charge in [0.1, 0.15) is 5.01 Å². The standard InChI is InChI=1S/C11H17N5O2S/c1-8-6-10(16(2)15-8)18-11-14-13-9(19-11)7-12-4-5-17-3/h6,12H,4-5,7H2,1-3H3. The second kappa shape index (κ2) is 6.60. The summed E-state index contributed by atoms with van der Waals surface area (Å²) in [6.07, 6.45) is 0. The Morgan fingerprint density at radius 3 is 2.95 bits per heavy atom. The van der Waals surface area contributed by atoms with Gasteiger partial charge in [0.15, 0.2) is 0 Å².